The summed E-state index contributed by atoms with van der Waals surface area (Å²) in [6, 6.07) is 15.1. The highest BCUT2D eigenvalue weighted by molar-refractivity contribution is 6.46. The summed E-state index contributed by atoms with van der Waals surface area (Å²) in [6.07, 6.45) is 3.29. The summed E-state index contributed by atoms with van der Waals surface area (Å²) in [5.41, 5.74) is 2.83. The van der Waals surface area contributed by atoms with Gasteiger partial charge in [-0.05, 0) is 42.3 Å². The molecule has 2 aromatic carbocycles. The van der Waals surface area contributed by atoms with Crippen LogP contribution in [0, 0.1) is 6.92 Å². The molecular weight excluding hydrogens is 428 g/mol. The van der Waals surface area contributed by atoms with Crippen molar-refractivity contribution in [2.45, 2.75) is 19.5 Å². The molecule has 1 aromatic heterocycles. The van der Waals surface area contributed by atoms with Gasteiger partial charge in [-0.25, -0.2) is 0 Å². The van der Waals surface area contributed by atoms with Crippen molar-refractivity contribution in [1.82, 2.24) is 9.88 Å². The molecule has 1 amide bonds. The summed E-state index contributed by atoms with van der Waals surface area (Å²) in [5, 5.41) is 11.4. The molecule has 1 aliphatic heterocycles. The lowest BCUT2D eigenvalue weighted by atomic mass is 9.94. The summed E-state index contributed by atoms with van der Waals surface area (Å²) < 4.78 is 5.17. The lowest BCUT2D eigenvalue weighted by Gasteiger charge is -2.25. The maximum atomic E-state index is 13.1. The van der Waals surface area contributed by atoms with Crippen molar-refractivity contribution < 1.29 is 19.4 Å². The van der Waals surface area contributed by atoms with Crippen LogP contribution in [0.4, 0.5) is 0 Å². The van der Waals surface area contributed by atoms with Gasteiger partial charge in [0.05, 0.1) is 23.7 Å². The van der Waals surface area contributed by atoms with Gasteiger partial charge in [0.15, 0.2) is 0 Å². The van der Waals surface area contributed by atoms with E-state index in [1.165, 1.54) is 18.1 Å². The Bertz CT molecular complexity index is 1220. The molecule has 1 aliphatic rings. The smallest absolute Gasteiger partial charge is 0.295 e. The molecule has 1 atom stereocenters. The molecular formula is C25H21ClN2O4. The zero-order chi connectivity index (χ0) is 22.8. The summed E-state index contributed by atoms with van der Waals surface area (Å²) in [6.45, 7) is 2.11. The first-order chi connectivity index (χ1) is 15.4. The van der Waals surface area contributed by atoms with E-state index in [2.05, 4.69) is 4.98 Å². The normalized spacial score (nSPS) is 17.6. The van der Waals surface area contributed by atoms with E-state index in [1.54, 1.807) is 30.6 Å². The maximum absolute atomic E-state index is 13.1. The first kappa shape index (κ1) is 21.6. The average molecular weight is 449 g/mol. The van der Waals surface area contributed by atoms with Crippen LogP contribution in [0.25, 0.3) is 5.76 Å². The van der Waals surface area contributed by atoms with Gasteiger partial charge >= 0.3 is 0 Å². The van der Waals surface area contributed by atoms with Crippen molar-refractivity contribution in [2.75, 3.05) is 7.11 Å². The third kappa shape index (κ3) is 3.97. The largest absolute Gasteiger partial charge is 0.507 e. The molecule has 1 saturated heterocycles. The number of hydrogen-bond acceptors (Lipinski definition) is 5. The van der Waals surface area contributed by atoms with Crippen LogP contribution in [0.3, 0.4) is 0 Å². The number of Topliss-reactive ketones (excluding diaryl/α,β-unsaturated/α-hetero) is 1. The summed E-state index contributed by atoms with van der Waals surface area (Å²) in [4.78, 5) is 31.7. The van der Waals surface area contributed by atoms with Crippen molar-refractivity contribution in [2.24, 2.45) is 0 Å². The molecule has 3 aromatic rings. The number of hydrogen-bond donors (Lipinski definition) is 1. The second-order valence-electron chi connectivity index (χ2n) is 7.55. The second kappa shape index (κ2) is 8.85. The van der Waals surface area contributed by atoms with Crippen LogP contribution < -0.4 is 4.74 Å². The van der Waals surface area contributed by atoms with Crippen LogP contribution in [0.2, 0.25) is 5.02 Å². The fourth-order valence-electron chi connectivity index (χ4n) is 3.89. The first-order valence-electron chi connectivity index (χ1n) is 9.98. The number of rotatable bonds is 5. The molecule has 4 rings (SSSR count). The number of aromatic nitrogens is 1. The molecule has 7 heteroatoms. The molecule has 0 bridgehead atoms. The van der Waals surface area contributed by atoms with E-state index in [0.717, 1.165) is 16.7 Å². The molecule has 0 saturated carbocycles. The summed E-state index contributed by atoms with van der Waals surface area (Å²) in [7, 11) is 1.49. The second-order valence-corrected chi connectivity index (χ2v) is 7.96. The number of halogens is 1. The lowest BCUT2D eigenvalue weighted by molar-refractivity contribution is -0.140. The van der Waals surface area contributed by atoms with Crippen LogP contribution >= 0.6 is 11.6 Å². The van der Waals surface area contributed by atoms with Crippen molar-refractivity contribution in [3.8, 4) is 5.75 Å². The number of ketones is 1. The van der Waals surface area contributed by atoms with Crippen LogP contribution in [0.1, 0.15) is 28.3 Å². The Morgan fingerprint density at radius 1 is 1.16 bits per heavy atom. The van der Waals surface area contributed by atoms with Crippen molar-refractivity contribution >= 4 is 29.1 Å². The molecule has 32 heavy (non-hydrogen) atoms. The van der Waals surface area contributed by atoms with E-state index in [-0.39, 0.29) is 22.9 Å². The fourth-order valence-corrected chi connectivity index (χ4v) is 4.15. The number of aliphatic hydroxyl groups excluding tert-OH is 1. The van der Waals surface area contributed by atoms with Gasteiger partial charge in [-0.2, -0.15) is 0 Å². The fraction of sp³-hybridized carbons (Fsp3) is 0.160. The van der Waals surface area contributed by atoms with Crippen LogP contribution in [-0.2, 0) is 16.1 Å². The Hall–Kier alpha value is -3.64. The van der Waals surface area contributed by atoms with E-state index in [0.29, 0.717) is 11.3 Å². The Balaban J connectivity index is 1.87. The van der Waals surface area contributed by atoms with Gasteiger partial charge in [0.1, 0.15) is 11.5 Å². The molecule has 0 radical (unpaired) electrons. The SMILES string of the molecule is COc1ccc(/C(O)=C2/C(=O)C(=O)N(Cc3cccnc3)C2c2cccc(C)c2)cc1Cl. The zero-order valence-electron chi connectivity index (χ0n) is 17.6. The predicted molar refractivity (Wildman–Crippen MR) is 121 cm³/mol. The Kier molecular flexibility index (Phi) is 5.97. The number of nitrogens with zero attached hydrogens (tertiary/aromatic N) is 2. The minimum atomic E-state index is -0.754. The minimum absolute atomic E-state index is 0.0192. The van der Waals surface area contributed by atoms with Crippen LogP contribution in [0.5, 0.6) is 5.75 Å². The van der Waals surface area contributed by atoms with E-state index in [1.807, 2.05) is 37.3 Å². The van der Waals surface area contributed by atoms with Gasteiger partial charge in [-0.3, -0.25) is 14.6 Å². The average Bonchev–Trinajstić information content (AvgIpc) is 3.04. The molecule has 1 unspecified atom stereocenters. The van der Waals surface area contributed by atoms with Crippen LogP contribution in [0.15, 0.2) is 72.6 Å². The minimum Gasteiger partial charge on any atom is -0.507 e. The van der Waals surface area contributed by atoms with E-state index >= 15 is 0 Å². The van der Waals surface area contributed by atoms with E-state index in [4.69, 9.17) is 16.3 Å². The van der Waals surface area contributed by atoms with Gasteiger partial charge in [-0.15, -0.1) is 0 Å². The molecule has 162 valence electrons. The molecule has 1 N–H and O–H groups in total. The highest BCUT2D eigenvalue weighted by atomic mass is 35.5. The number of carbonyl (C=O) groups excluding carboxylic acids is 2. The molecule has 6 nitrogen and oxygen atoms in total. The van der Waals surface area contributed by atoms with Crippen molar-refractivity contribution in [1.29, 1.82) is 0 Å². The Morgan fingerprint density at radius 3 is 2.62 bits per heavy atom. The number of aryl methyl sites for hydroxylation is 1. The van der Waals surface area contributed by atoms with Crippen molar-refractivity contribution in [3.63, 3.8) is 0 Å². The Morgan fingerprint density at radius 2 is 1.97 bits per heavy atom. The van der Waals surface area contributed by atoms with Gasteiger partial charge in [-0.1, -0.05) is 47.5 Å². The number of amides is 1. The van der Waals surface area contributed by atoms with Gasteiger partial charge in [0, 0.05) is 24.5 Å². The summed E-state index contributed by atoms with van der Waals surface area (Å²) in [5.74, 6) is -1.27. The van der Waals surface area contributed by atoms with Crippen LogP contribution in [-0.4, -0.2) is 33.8 Å². The summed E-state index contributed by atoms with van der Waals surface area (Å²) >= 11 is 6.23. The van der Waals surface area contributed by atoms with E-state index < -0.39 is 17.7 Å². The predicted octanol–water partition coefficient (Wildman–Crippen LogP) is 4.67. The number of methoxy groups -OCH3 is 1. The molecule has 0 aliphatic carbocycles. The lowest BCUT2D eigenvalue weighted by Crippen LogP contribution is -2.29. The van der Waals surface area contributed by atoms with E-state index in [9.17, 15) is 14.7 Å². The van der Waals surface area contributed by atoms with Crippen molar-refractivity contribution in [3.05, 3.63) is 99.8 Å². The quantitative estimate of drug-likeness (QED) is 0.348. The van der Waals surface area contributed by atoms with Gasteiger partial charge < -0.3 is 14.7 Å². The standard InChI is InChI=1S/C25H21ClN2O4/c1-15-5-3-7-17(11-15)22-21(23(29)18-8-9-20(32-2)19(26)12-18)24(30)25(31)28(22)14-16-6-4-10-27-13-16/h3-13,22,29H,14H2,1-2H3/b23-21-. The number of benzene rings is 2. The molecule has 1 fully saturated rings. The number of carbonyl (C=O) groups is 2. The third-order valence-corrected chi connectivity index (χ3v) is 5.69. The highest BCUT2D eigenvalue weighted by Gasteiger charge is 2.46. The Labute approximate surface area is 190 Å². The number of likely N-dealkylation sites (tertiary alicyclic amines) is 1. The first-order valence-corrected chi connectivity index (χ1v) is 10.4. The van der Waals surface area contributed by atoms with Gasteiger partial charge in [0.25, 0.3) is 11.7 Å². The monoisotopic (exact) mass is 448 g/mol. The number of pyridine rings is 1. The maximum Gasteiger partial charge on any atom is 0.295 e. The number of ether oxygens (including phenoxy) is 1. The topological polar surface area (TPSA) is 79.7 Å². The van der Waals surface area contributed by atoms with Gasteiger partial charge in [0.2, 0.25) is 0 Å². The molecule has 0 spiro atoms. The number of aliphatic hydroxyl groups is 1. The highest BCUT2D eigenvalue weighted by Crippen LogP contribution is 2.41. The molecule has 2 heterocycles. The zero-order valence-corrected chi connectivity index (χ0v) is 18.3. The third-order valence-electron chi connectivity index (χ3n) is 5.40.